The Morgan fingerprint density at radius 3 is 2.46 bits per heavy atom. The van der Waals surface area contributed by atoms with Crippen LogP contribution in [0.2, 0.25) is 10.0 Å². The summed E-state index contributed by atoms with van der Waals surface area (Å²) in [6.07, 6.45) is -0.940. The van der Waals surface area contributed by atoms with E-state index < -0.39 is 12.1 Å². The van der Waals surface area contributed by atoms with Crippen LogP contribution in [-0.2, 0) is 9.59 Å². The van der Waals surface area contributed by atoms with E-state index in [1.165, 1.54) is 4.90 Å². The van der Waals surface area contributed by atoms with E-state index in [2.05, 4.69) is 10.6 Å². The number of nitrogens with one attached hydrogen (secondary N) is 2. The van der Waals surface area contributed by atoms with Gasteiger partial charge >= 0.3 is 0 Å². The number of benzene rings is 3. The van der Waals surface area contributed by atoms with Crippen molar-refractivity contribution in [1.82, 2.24) is 10.2 Å². The SMILES string of the molecule is CC(Oc1ccccc1)C(=O)N1c2ccc(C(=O)N3CCNCC3)cc2NC(=O)CC1c1ccc(Cl)cc1Cl. The van der Waals surface area contributed by atoms with Gasteiger partial charge in [0.25, 0.3) is 11.8 Å². The lowest BCUT2D eigenvalue weighted by atomic mass is 10.00. The van der Waals surface area contributed by atoms with Crippen LogP contribution in [0.25, 0.3) is 0 Å². The molecular formula is C29H28Cl2N4O4. The number of nitrogens with zero attached hydrogens (tertiary/aromatic N) is 2. The quantitative estimate of drug-likeness (QED) is 0.457. The molecule has 2 atom stereocenters. The van der Waals surface area contributed by atoms with Crippen LogP contribution in [0, 0.1) is 0 Å². The topological polar surface area (TPSA) is 91.0 Å². The summed E-state index contributed by atoms with van der Waals surface area (Å²) in [6, 6.07) is 18.3. The third-order valence-electron chi connectivity index (χ3n) is 6.83. The van der Waals surface area contributed by atoms with Gasteiger partial charge in [-0.15, -0.1) is 0 Å². The van der Waals surface area contributed by atoms with Gasteiger partial charge in [-0.1, -0.05) is 47.5 Å². The van der Waals surface area contributed by atoms with Crippen LogP contribution in [0.1, 0.15) is 35.3 Å². The van der Waals surface area contributed by atoms with Crippen molar-refractivity contribution in [2.45, 2.75) is 25.5 Å². The van der Waals surface area contributed by atoms with E-state index in [1.807, 2.05) is 18.2 Å². The lowest BCUT2D eigenvalue weighted by Crippen LogP contribution is -2.46. The van der Waals surface area contributed by atoms with Crippen molar-refractivity contribution >= 4 is 52.3 Å². The van der Waals surface area contributed by atoms with E-state index in [9.17, 15) is 14.4 Å². The monoisotopic (exact) mass is 566 g/mol. The highest BCUT2D eigenvalue weighted by atomic mass is 35.5. The van der Waals surface area contributed by atoms with Crippen LogP contribution >= 0.6 is 23.2 Å². The second kappa shape index (κ2) is 11.7. The van der Waals surface area contributed by atoms with Gasteiger partial charge in [-0.05, 0) is 55.0 Å². The Hall–Kier alpha value is -3.59. The van der Waals surface area contributed by atoms with Gasteiger partial charge < -0.3 is 20.3 Å². The summed E-state index contributed by atoms with van der Waals surface area (Å²) in [6.45, 7) is 4.30. The molecule has 0 bridgehead atoms. The first-order valence-corrected chi connectivity index (χ1v) is 13.5. The van der Waals surface area contributed by atoms with Crippen molar-refractivity contribution in [3.05, 3.63) is 87.9 Å². The fourth-order valence-corrected chi connectivity index (χ4v) is 5.44. The normalized spacial score (nSPS) is 18.0. The fraction of sp³-hybridized carbons (Fsp3) is 0.276. The van der Waals surface area contributed by atoms with Crippen molar-refractivity contribution in [1.29, 1.82) is 0 Å². The van der Waals surface area contributed by atoms with E-state index in [0.717, 1.165) is 13.1 Å². The number of rotatable bonds is 5. The molecule has 2 unspecified atom stereocenters. The maximum absolute atomic E-state index is 14.1. The standard InChI is InChI=1S/C29H28Cl2N4O4/c1-18(39-21-5-3-2-4-6-21)28(37)35-25-10-7-19(29(38)34-13-11-32-12-14-34)15-24(25)33-27(36)17-26(35)22-9-8-20(30)16-23(22)31/h2-10,15-16,18,26,32H,11-14,17H2,1H3,(H,33,36). The highest BCUT2D eigenvalue weighted by molar-refractivity contribution is 6.35. The Morgan fingerprint density at radius 2 is 1.74 bits per heavy atom. The van der Waals surface area contributed by atoms with E-state index in [0.29, 0.717) is 51.4 Å². The molecule has 0 saturated carbocycles. The van der Waals surface area contributed by atoms with Gasteiger partial charge in [0.15, 0.2) is 6.10 Å². The van der Waals surface area contributed by atoms with Crippen molar-refractivity contribution in [2.75, 3.05) is 36.4 Å². The molecular weight excluding hydrogens is 539 g/mol. The summed E-state index contributed by atoms with van der Waals surface area (Å²) >= 11 is 12.7. The zero-order chi connectivity index (χ0) is 27.5. The van der Waals surface area contributed by atoms with Crippen LogP contribution < -0.4 is 20.3 Å². The number of ether oxygens (including phenoxy) is 1. The minimum atomic E-state index is -0.885. The number of hydrogen-bond acceptors (Lipinski definition) is 5. The zero-order valence-corrected chi connectivity index (χ0v) is 22.8. The van der Waals surface area contributed by atoms with Crippen LogP contribution in [0.5, 0.6) is 5.75 Å². The number of piperazine rings is 1. The van der Waals surface area contributed by atoms with Crippen LogP contribution in [0.4, 0.5) is 11.4 Å². The van der Waals surface area contributed by atoms with Crippen LogP contribution in [0.15, 0.2) is 66.7 Å². The number of hydrogen-bond donors (Lipinski definition) is 2. The lowest BCUT2D eigenvalue weighted by Gasteiger charge is -2.33. The van der Waals surface area contributed by atoms with Gasteiger partial charge in [0.1, 0.15) is 5.75 Å². The smallest absolute Gasteiger partial charge is 0.268 e. The van der Waals surface area contributed by atoms with E-state index >= 15 is 0 Å². The molecule has 1 fully saturated rings. The Morgan fingerprint density at radius 1 is 1.00 bits per heavy atom. The number of carbonyl (C=O) groups excluding carboxylic acids is 3. The summed E-state index contributed by atoms with van der Waals surface area (Å²) in [4.78, 5) is 43.7. The van der Waals surface area contributed by atoms with Crippen molar-refractivity contribution in [3.63, 3.8) is 0 Å². The molecule has 1 saturated heterocycles. The van der Waals surface area contributed by atoms with Crippen LogP contribution in [0.3, 0.4) is 0 Å². The Labute approximate surface area is 236 Å². The van der Waals surface area contributed by atoms with Gasteiger partial charge in [0.05, 0.1) is 23.8 Å². The van der Waals surface area contributed by atoms with Crippen LogP contribution in [-0.4, -0.2) is 54.9 Å². The molecule has 5 rings (SSSR count). The number of anilines is 2. The molecule has 39 heavy (non-hydrogen) atoms. The Balaban J connectivity index is 1.56. The first-order chi connectivity index (χ1) is 18.8. The fourth-order valence-electron chi connectivity index (χ4n) is 4.91. The Kier molecular flexibility index (Phi) is 8.07. The lowest BCUT2D eigenvalue weighted by molar-refractivity contribution is -0.125. The number of amides is 3. The number of para-hydroxylation sites is 1. The third-order valence-corrected chi connectivity index (χ3v) is 7.40. The molecule has 3 aromatic carbocycles. The first-order valence-electron chi connectivity index (χ1n) is 12.8. The van der Waals surface area contributed by atoms with Gasteiger partial charge in [0.2, 0.25) is 5.91 Å². The maximum atomic E-state index is 14.1. The van der Waals surface area contributed by atoms with Gasteiger partial charge in [-0.25, -0.2) is 0 Å². The van der Waals surface area contributed by atoms with E-state index in [1.54, 1.807) is 60.4 Å². The molecule has 202 valence electrons. The molecule has 0 aromatic heterocycles. The Bertz CT molecular complexity index is 1400. The number of carbonyl (C=O) groups is 3. The van der Waals surface area contributed by atoms with Crippen molar-refractivity contribution in [2.24, 2.45) is 0 Å². The van der Waals surface area contributed by atoms with Gasteiger partial charge in [-0.2, -0.15) is 0 Å². The molecule has 0 radical (unpaired) electrons. The molecule has 3 amide bonds. The molecule has 2 N–H and O–H groups in total. The zero-order valence-electron chi connectivity index (χ0n) is 21.3. The predicted octanol–water partition coefficient (Wildman–Crippen LogP) is 4.92. The van der Waals surface area contributed by atoms with Crippen molar-refractivity contribution < 1.29 is 19.1 Å². The summed E-state index contributed by atoms with van der Waals surface area (Å²) in [5, 5.41) is 6.91. The van der Waals surface area contributed by atoms with Gasteiger partial charge in [0, 0.05) is 41.8 Å². The second-order valence-corrected chi connectivity index (χ2v) is 10.3. The summed E-state index contributed by atoms with van der Waals surface area (Å²) in [7, 11) is 0. The minimum absolute atomic E-state index is 0.0547. The third kappa shape index (κ3) is 5.88. The first kappa shape index (κ1) is 27.0. The molecule has 10 heteroatoms. The second-order valence-electron chi connectivity index (χ2n) is 9.49. The molecule has 8 nitrogen and oxygen atoms in total. The molecule has 2 aliphatic heterocycles. The predicted molar refractivity (Wildman–Crippen MR) is 152 cm³/mol. The average molecular weight is 567 g/mol. The summed E-state index contributed by atoms with van der Waals surface area (Å²) in [5.74, 6) is -0.269. The summed E-state index contributed by atoms with van der Waals surface area (Å²) in [5.41, 5.74) is 1.82. The summed E-state index contributed by atoms with van der Waals surface area (Å²) < 4.78 is 5.97. The van der Waals surface area contributed by atoms with E-state index in [-0.39, 0.29) is 24.1 Å². The maximum Gasteiger partial charge on any atom is 0.268 e. The molecule has 2 heterocycles. The highest BCUT2D eigenvalue weighted by Crippen LogP contribution is 2.41. The largest absolute Gasteiger partial charge is 0.481 e. The average Bonchev–Trinajstić information content (AvgIpc) is 3.08. The number of fused-ring (bicyclic) bond motifs is 1. The van der Waals surface area contributed by atoms with Crippen molar-refractivity contribution in [3.8, 4) is 5.75 Å². The minimum Gasteiger partial charge on any atom is -0.481 e. The number of halogens is 2. The molecule has 0 spiro atoms. The highest BCUT2D eigenvalue weighted by Gasteiger charge is 2.37. The molecule has 0 aliphatic carbocycles. The molecule has 2 aliphatic rings. The molecule has 3 aromatic rings. The van der Waals surface area contributed by atoms with Gasteiger partial charge in [-0.3, -0.25) is 19.3 Å². The van der Waals surface area contributed by atoms with E-state index in [4.69, 9.17) is 27.9 Å².